The van der Waals surface area contributed by atoms with Gasteiger partial charge in [0.25, 0.3) is 0 Å². The second kappa shape index (κ2) is 6.07. The van der Waals surface area contributed by atoms with Crippen LogP contribution in [0.5, 0.6) is 0 Å². The van der Waals surface area contributed by atoms with Gasteiger partial charge in [-0.1, -0.05) is 23.8 Å². The summed E-state index contributed by atoms with van der Waals surface area (Å²) in [5, 5.41) is 8.88. The van der Waals surface area contributed by atoms with E-state index in [4.69, 9.17) is 5.11 Å². The smallest absolute Gasteiger partial charge is 0.323 e. The highest BCUT2D eigenvalue weighted by atomic mass is 16.4. The van der Waals surface area contributed by atoms with Crippen LogP contribution in [-0.2, 0) is 16.0 Å². The van der Waals surface area contributed by atoms with Crippen molar-refractivity contribution in [3.8, 4) is 0 Å². The fraction of sp³-hybridized carbons (Fsp3) is 0.500. The molecule has 2 rings (SSSR count). The standard InChI is InChI=1S/C16H21NO3/c1-11-3-4-13(12(2)9-11)5-8-15(18)17(10-16(19)20)14-6-7-14/h3-4,9,14H,5-8,10H2,1-2H3,(H,19,20). The second-order valence-electron chi connectivity index (χ2n) is 5.58. The number of benzene rings is 1. The molecule has 1 amide bonds. The average molecular weight is 275 g/mol. The van der Waals surface area contributed by atoms with E-state index in [0.717, 1.165) is 18.4 Å². The highest BCUT2D eigenvalue weighted by molar-refractivity contribution is 5.82. The van der Waals surface area contributed by atoms with Crippen molar-refractivity contribution in [2.75, 3.05) is 6.54 Å². The van der Waals surface area contributed by atoms with Crippen LogP contribution in [0.25, 0.3) is 0 Å². The van der Waals surface area contributed by atoms with Gasteiger partial charge in [-0.3, -0.25) is 9.59 Å². The van der Waals surface area contributed by atoms with E-state index in [2.05, 4.69) is 12.1 Å². The Hall–Kier alpha value is -1.84. The first-order valence-electron chi connectivity index (χ1n) is 7.05. The summed E-state index contributed by atoms with van der Waals surface area (Å²) in [5.74, 6) is -0.980. The van der Waals surface area contributed by atoms with Gasteiger partial charge < -0.3 is 10.0 Å². The Kier molecular flexibility index (Phi) is 4.42. The second-order valence-corrected chi connectivity index (χ2v) is 5.58. The molecule has 1 fully saturated rings. The molecular weight excluding hydrogens is 254 g/mol. The highest BCUT2D eigenvalue weighted by Crippen LogP contribution is 2.27. The van der Waals surface area contributed by atoms with Crippen LogP contribution < -0.4 is 0 Å². The van der Waals surface area contributed by atoms with E-state index >= 15 is 0 Å². The van der Waals surface area contributed by atoms with Crippen LogP contribution in [0.1, 0.15) is 36.0 Å². The summed E-state index contributed by atoms with van der Waals surface area (Å²) < 4.78 is 0. The van der Waals surface area contributed by atoms with Gasteiger partial charge in [-0.25, -0.2) is 0 Å². The van der Waals surface area contributed by atoms with E-state index in [-0.39, 0.29) is 18.5 Å². The van der Waals surface area contributed by atoms with Crippen LogP contribution in [-0.4, -0.2) is 34.5 Å². The van der Waals surface area contributed by atoms with E-state index < -0.39 is 5.97 Å². The molecule has 0 aromatic heterocycles. The number of carbonyl (C=O) groups excluding carboxylic acids is 1. The Morgan fingerprint density at radius 3 is 2.55 bits per heavy atom. The lowest BCUT2D eigenvalue weighted by Crippen LogP contribution is -2.37. The third-order valence-corrected chi connectivity index (χ3v) is 3.72. The van der Waals surface area contributed by atoms with Crippen LogP contribution in [0.4, 0.5) is 0 Å². The number of hydrogen-bond donors (Lipinski definition) is 1. The SMILES string of the molecule is Cc1ccc(CCC(=O)N(CC(=O)O)C2CC2)c(C)c1. The van der Waals surface area contributed by atoms with Crippen LogP contribution in [0, 0.1) is 13.8 Å². The van der Waals surface area contributed by atoms with E-state index in [1.54, 1.807) is 0 Å². The zero-order valence-electron chi connectivity index (χ0n) is 12.1. The van der Waals surface area contributed by atoms with Crippen LogP contribution in [0.3, 0.4) is 0 Å². The number of carboxylic acid groups (broad SMARTS) is 1. The Morgan fingerprint density at radius 2 is 2.00 bits per heavy atom. The fourth-order valence-electron chi connectivity index (χ4n) is 2.46. The molecule has 0 heterocycles. The third kappa shape index (κ3) is 3.83. The minimum Gasteiger partial charge on any atom is -0.480 e. The van der Waals surface area contributed by atoms with Crippen molar-refractivity contribution >= 4 is 11.9 Å². The normalized spacial score (nSPS) is 14.1. The Morgan fingerprint density at radius 1 is 1.30 bits per heavy atom. The van der Waals surface area contributed by atoms with Crippen molar-refractivity contribution in [1.82, 2.24) is 4.90 Å². The first-order valence-corrected chi connectivity index (χ1v) is 7.05. The van der Waals surface area contributed by atoms with Gasteiger partial charge in [0.2, 0.25) is 5.91 Å². The van der Waals surface area contributed by atoms with Gasteiger partial charge in [-0.15, -0.1) is 0 Å². The van der Waals surface area contributed by atoms with E-state index in [0.29, 0.717) is 12.8 Å². The van der Waals surface area contributed by atoms with E-state index in [1.807, 2.05) is 19.9 Å². The minimum atomic E-state index is -0.934. The summed E-state index contributed by atoms with van der Waals surface area (Å²) >= 11 is 0. The predicted octanol–water partition coefficient (Wildman–Crippen LogP) is 2.31. The van der Waals surface area contributed by atoms with Crippen molar-refractivity contribution < 1.29 is 14.7 Å². The van der Waals surface area contributed by atoms with Gasteiger partial charge in [-0.2, -0.15) is 0 Å². The van der Waals surface area contributed by atoms with Gasteiger partial charge >= 0.3 is 5.97 Å². The molecule has 1 aliphatic carbocycles. The Balaban J connectivity index is 1.94. The first kappa shape index (κ1) is 14.6. The maximum absolute atomic E-state index is 12.2. The summed E-state index contributed by atoms with van der Waals surface area (Å²) in [6, 6.07) is 6.35. The molecule has 20 heavy (non-hydrogen) atoms. The van der Waals surface area contributed by atoms with Gasteiger partial charge in [0.15, 0.2) is 0 Å². The molecule has 0 unspecified atom stereocenters. The zero-order chi connectivity index (χ0) is 14.7. The summed E-state index contributed by atoms with van der Waals surface area (Å²) in [6.07, 6.45) is 2.92. The molecule has 0 aliphatic heterocycles. The van der Waals surface area contributed by atoms with Crippen LogP contribution in [0.15, 0.2) is 18.2 Å². The van der Waals surface area contributed by atoms with Crippen molar-refractivity contribution in [3.63, 3.8) is 0 Å². The van der Waals surface area contributed by atoms with Gasteiger partial charge in [-0.05, 0) is 44.2 Å². The largest absolute Gasteiger partial charge is 0.480 e. The molecule has 1 saturated carbocycles. The van der Waals surface area contributed by atoms with Gasteiger partial charge in [0.05, 0.1) is 0 Å². The number of aliphatic carboxylic acids is 1. The highest BCUT2D eigenvalue weighted by Gasteiger charge is 2.33. The number of amides is 1. The molecule has 0 radical (unpaired) electrons. The number of nitrogens with zero attached hydrogens (tertiary/aromatic N) is 1. The lowest BCUT2D eigenvalue weighted by molar-refractivity contribution is -0.144. The van der Waals surface area contributed by atoms with Crippen LogP contribution in [0.2, 0.25) is 0 Å². The molecule has 4 nitrogen and oxygen atoms in total. The molecule has 0 bridgehead atoms. The summed E-state index contributed by atoms with van der Waals surface area (Å²) in [5.41, 5.74) is 3.56. The van der Waals surface area contributed by atoms with Crippen molar-refractivity contribution in [3.05, 3.63) is 34.9 Å². The number of carbonyl (C=O) groups is 2. The van der Waals surface area contributed by atoms with E-state index in [9.17, 15) is 9.59 Å². The van der Waals surface area contributed by atoms with Crippen molar-refractivity contribution in [2.24, 2.45) is 0 Å². The number of carboxylic acids is 1. The molecule has 108 valence electrons. The summed E-state index contributed by atoms with van der Waals surface area (Å²) in [6.45, 7) is 3.92. The minimum absolute atomic E-state index is 0.0464. The molecule has 1 aromatic carbocycles. The molecule has 0 saturated heterocycles. The number of rotatable bonds is 6. The quantitative estimate of drug-likeness (QED) is 0.866. The Labute approximate surface area is 119 Å². The topological polar surface area (TPSA) is 57.6 Å². The maximum atomic E-state index is 12.2. The van der Waals surface area contributed by atoms with Crippen molar-refractivity contribution in [2.45, 2.75) is 45.6 Å². The number of aryl methyl sites for hydroxylation is 3. The average Bonchev–Trinajstić information content (AvgIpc) is 3.18. The van der Waals surface area contributed by atoms with Gasteiger partial charge in [0.1, 0.15) is 6.54 Å². The van der Waals surface area contributed by atoms with Crippen LogP contribution >= 0.6 is 0 Å². The molecule has 1 aliphatic rings. The number of hydrogen-bond acceptors (Lipinski definition) is 2. The molecule has 0 spiro atoms. The first-order chi connectivity index (χ1) is 9.47. The molecule has 1 N–H and O–H groups in total. The summed E-state index contributed by atoms with van der Waals surface area (Å²) in [4.78, 5) is 24.5. The van der Waals surface area contributed by atoms with E-state index in [1.165, 1.54) is 16.0 Å². The molecule has 1 aromatic rings. The molecular formula is C16H21NO3. The molecule has 0 atom stereocenters. The summed E-state index contributed by atoms with van der Waals surface area (Å²) in [7, 11) is 0. The monoisotopic (exact) mass is 275 g/mol. The third-order valence-electron chi connectivity index (χ3n) is 3.72. The maximum Gasteiger partial charge on any atom is 0.323 e. The van der Waals surface area contributed by atoms with Crippen molar-refractivity contribution in [1.29, 1.82) is 0 Å². The lowest BCUT2D eigenvalue weighted by Gasteiger charge is -2.20. The lowest BCUT2D eigenvalue weighted by atomic mass is 10.0. The van der Waals surface area contributed by atoms with Gasteiger partial charge in [0, 0.05) is 12.5 Å². The predicted molar refractivity (Wildman–Crippen MR) is 76.6 cm³/mol. The molecule has 4 heteroatoms. The fourth-order valence-corrected chi connectivity index (χ4v) is 2.46. The zero-order valence-corrected chi connectivity index (χ0v) is 12.1. The Bertz CT molecular complexity index is 520.